The molecule has 9 heteroatoms. The van der Waals surface area contributed by atoms with Gasteiger partial charge in [-0.2, -0.15) is 0 Å². The molecular formula is C28H25BrFNO5S. The van der Waals surface area contributed by atoms with Crippen LogP contribution in [-0.2, 0) is 11.4 Å². The Morgan fingerprint density at radius 3 is 2.54 bits per heavy atom. The molecule has 37 heavy (non-hydrogen) atoms. The second-order valence-electron chi connectivity index (χ2n) is 8.18. The van der Waals surface area contributed by atoms with Gasteiger partial charge < -0.3 is 14.2 Å². The van der Waals surface area contributed by atoms with Crippen molar-refractivity contribution >= 4 is 44.9 Å². The molecule has 0 radical (unpaired) electrons. The van der Waals surface area contributed by atoms with Gasteiger partial charge in [0.15, 0.2) is 11.5 Å². The fraction of sp³-hybridized carbons (Fsp3) is 0.214. The summed E-state index contributed by atoms with van der Waals surface area (Å²) in [5, 5.41) is -0.340. The summed E-state index contributed by atoms with van der Waals surface area (Å²) in [5.41, 5.74) is 2.54. The minimum atomic E-state index is -0.367. The third kappa shape index (κ3) is 6.93. The van der Waals surface area contributed by atoms with E-state index >= 15 is 0 Å². The highest BCUT2D eigenvalue weighted by molar-refractivity contribution is 9.10. The fourth-order valence-electron chi connectivity index (χ4n) is 3.61. The van der Waals surface area contributed by atoms with Gasteiger partial charge in [-0.25, -0.2) is 4.39 Å². The highest BCUT2D eigenvalue weighted by Gasteiger charge is 2.35. The molecule has 1 heterocycles. The molecule has 0 saturated carbocycles. The van der Waals surface area contributed by atoms with Crippen LogP contribution in [0.1, 0.15) is 23.6 Å². The van der Waals surface area contributed by atoms with Crippen LogP contribution in [-0.4, -0.2) is 35.8 Å². The fourth-order valence-corrected chi connectivity index (χ4v) is 5.05. The standard InChI is InChI=1S/C28H25BrFNO5S/c1-3-34-24-15-20(14-23(29)26(24)36-17-19-7-9-21(30)10-8-19)16-25-27(32)31(28(33)37-25)11-12-35-22-6-4-5-18(2)13-22/h4-10,13-16H,3,11-12,17H2,1-2H3/b25-16-. The highest BCUT2D eigenvalue weighted by Crippen LogP contribution is 2.39. The van der Waals surface area contributed by atoms with Crippen molar-refractivity contribution in [1.82, 2.24) is 4.90 Å². The summed E-state index contributed by atoms with van der Waals surface area (Å²) in [5.74, 6) is 0.986. The van der Waals surface area contributed by atoms with Gasteiger partial charge in [-0.1, -0.05) is 24.3 Å². The van der Waals surface area contributed by atoms with E-state index in [4.69, 9.17) is 14.2 Å². The maximum atomic E-state index is 13.2. The molecule has 4 rings (SSSR count). The molecule has 1 saturated heterocycles. The second kappa shape index (κ2) is 12.3. The van der Waals surface area contributed by atoms with Crippen LogP contribution in [0.4, 0.5) is 9.18 Å². The molecule has 0 spiro atoms. The van der Waals surface area contributed by atoms with Crippen molar-refractivity contribution in [3.63, 3.8) is 0 Å². The Kier molecular flexibility index (Phi) is 8.89. The predicted octanol–water partition coefficient (Wildman–Crippen LogP) is 6.99. The summed E-state index contributed by atoms with van der Waals surface area (Å²) in [6, 6.07) is 17.2. The van der Waals surface area contributed by atoms with E-state index in [0.29, 0.717) is 38.8 Å². The Morgan fingerprint density at radius 1 is 1.03 bits per heavy atom. The van der Waals surface area contributed by atoms with Crippen LogP contribution in [0.15, 0.2) is 70.0 Å². The molecule has 1 fully saturated rings. The number of imide groups is 1. The van der Waals surface area contributed by atoms with E-state index < -0.39 is 0 Å². The lowest BCUT2D eigenvalue weighted by molar-refractivity contribution is -0.123. The number of halogens is 2. The lowest BCUT2D eigenvalue weighted by Gasteiger charge is -2.15. The lowest BCUT2D eigenvalue weighted by Crippen LogP contribution is -2.32. The Hall–Kier alpha value is -3.30. The number of aryl methyl sites for hydroxylation is 1. The van der Waals surface area contributed by atoms with Crippen LogP contribution < -0.4 is 14.2 Å². The molecule has 192 valence electrons. The van der Waals surface area contributed by atoms with Crippen LogP contribution in [0.2, 0.25) is 0 Å². The normalized spacial score (nSPS) is 14.4. The van der Waals surface area contributed by atoms with Crippen molar-refractivity contribution in [2.24, 2.45) is 0 Å². The number of hydrogen-bond acceptors (Lipinski definition) is 6. The maximum Gasteiger partial charge on any atom is 0.293 e. The van der Waals surface area contributed by atoms with E-state index in [2.05, 4.69) is 15.9 Å². The number of amides is 2. The first-order chi connectivity index (χ1) is 17.8. The average Bonchev–Trinajstić information content (AvgIpc) is 3.12. The summed E-state index contributed by atoms with van der Waals surface area (Å²) < 4.78 is 31.2. The summed E-state index contributed by atoms with van der Waals surface area (Å²) >= 11 is 4.41. The van der Waals surface area contributed by atoms with E-state index in [-0.39, 0.29) is 36.7 Å². The van der Waals surface area contributed by atoms with Gasteiger partial charge in [0, 0.05) is 0 Å². The molecule has 0 bridgehead atoms. The van der Waals surface area contributed by atoms with Crippen molar-refractivity contribution in [3.8, 4) is 17.2 Å². The van der Waals surface area contributed by atoms with E-state index in [1.807, 2.05) is 38.1 Å². The molecule has 6 nitrogen and oxygen atoms in total. The zero-order chi connectivity index (χ0) is 26.4. The van der Waals surface area contributed by atoms with E-state index in [1.165, 1.54) is 17.0 Å². The van der Waals surface area contributed by atoms with Crippen molar-refractivity contribution in [2.75, 3.05) is 19.8 Å². The van der Waals surface area contributed by atoms with Crippen LogP contribution in [0, 0.1) is 12.7 Å². The Balaban J connectivity index is 1.45. The van der Waals surface area contributed by atoms with Crippen molar-refractivity contribution in [3.05, 3.63) is 92.5 Å². The first-order valence-electron chi connectivity index (χ1n) is 11.6. The lowest BCUT2D eigenvalue weighted by atomic mass is 10.1. The average molecular weight is 586 g/mol. The van der Waals surface area contributed by atoms with Gasteiger partial charge in [0.1, 0.15) is 24.8 Å². The van der Waals surface area contributed by atoms with Gasteiger partial charge in [0.2, 0.25) is 0 Å². The van der Waals surface area contributed by atoms with Gasteiger partial charge in [-0.3, -0.25) is 14.5 Å². The second-order valence-corrected chi connectivity index (χ2v) is 10.0. The first kappa shape index (κ1) is 26.8. The molecule has 0 atom stereocenters. The van der Waals surface area contributed by atoms with E-state index in [9.17, 15) is 14.0 Å². The highest BCUT2D eigenvalue weighted by atomic mass is 79.9. The van der Waals surface area contributed by atoms with E-state index in [0.717, 1.165) is 22.9 Å². The summed E-state index contributed by atoms with van der Waals surface area (Å²) in [6.07, 6.45) is 1.66. The van der Waals surface area contributed by atoms with E-state index in [1.54, 1.807) is 30.3 Å². The molecule has 3 aromatic rings. The zero-order valence-corrected chi connectivity index (χ0v) is 22.7. The SMILES string of the molecule is CCOc1cc(/C=C2\SC(=O)N(CCOc3cccc(C)c3)C2=O)cc(Br)c1OCc1ccc(F)cc1. The molecule has 0 unspecified atom stereocenters. The minimum Gasteiger partial charge on any atom is -0.492 e. The smallest absolute Gasteiger partial charge is 0.293 e. The molecule has 0 aliphatic carbocycles. The molecular weight excluding hydrogens is 561 g/mol. The van der Waals surface area contributed by atoms with Gasteiger partial charge >= 0.3 is 0 Å². The monoisotopic (exact) mass is 585 g/mol. The quantitative estimate of drug-likeness (QED) is 0.239. The molecule has 1 aliphatic heterocycles. The summed E-state index contributed by atoms with van der Waals surface area (Å²) in [7, 11) is 0. The summed E-state index contributed by atoms with van der Waals surface area (Å²) in [4.78, 5) is 26.9. The molecule has 1 aliphatic rings. The Morgan fingerprint density at radius 2 is 1.81 bits per heavy atom. The predicted molar refractivity (Wildman–Crippen MR) is 145 cm³/mol. The minimum absolute atomic E-state index is 0.153. The number of carbonyl (C=O) groups is 2. The number of ether oxygens (including phenoxy) is 3. The third-order valence-electron chi connectivity index (χ3n) is 5.37. The van der Waals surface area contributed by atoms with Crippen molar-refractivity contribution in [2.45, 2.75) is 20.5 Å². The first-order valence-corrected chi connectivity index (χ1v) is 13.2. The maximum absolute atomic E-state index is 13.2. The number of carbonyl (C=O) groups excluding carboxylic acids is 2. The zero-order valence-electron chi connectivity index (χ0n) is 20.3. The number of benzene rings is 3. The number of nitrogens with zero attached hydrogens (tertiary/aromatic N) is 1. The topological polar surface area (TPSA) is 65.1 Å². The molecule has 3 aromatic carbocycles. The van der Waals surface area contributed by atoms with Crippen molar-refractivity contribution in [1.29, 1.82) is 0 Å². The Labute approximate surface area is 227 Å². The Bertz CT molecular complexity index is 1330. The molecule has 2 amide bonds. The van der Waals surface area contributed by atoms with Crippen LogP contribution >= 0.6 is 27.7 Å². The number of thioether (sulfide) groups is 1. The van der Waals surface area contributed by atoms with Crippen LogP contribution in [0.25, 0.3) is 6.08 Å². The van der Waals surface area contributed by atoms with Crippen LogP contribution in [0.5, 0.6) is 17.2 Å². The van der Waals surface area contributed by atoms with Crippen LogP contribution in [0.3, 0.4) is 0 Å². The number of hydrogen-bond donors (Lipinski definition) is 0. The van der Waals surface area contributed by atoms with Gasteiger partial charge in [0.05, 0.1) is 22.5 Å². The molecule has 0 N–H and O–H groups in total. The third-order valence-corrected chi connectivity index (χ3v) is 6.87. The van der Waals surface area contributed by atoms with Gasteiger partial charge in [0.25, 0.3) is 11.1 Å². The number of rotatable bonds is 10. The van der Waals surface area contributed by atoms with Gasteiger partial charge in [-0.15, -0.1) is 0 Å². The van der Waals surface area contributed by atoms with Crippen molar-refractivity contribution < 1.29 is 28.2 Å². The molecule has 0 aromatic heterocycles. The largest absolute Gasteiger partial charge is 0.492 e. The van der Waals surface area contributed by atoms with Gasteiger partial charge in [-0.05, 0) is 101 Å². The summed E-state index contributed by atoms with van der Waals surface area (Å²) in [6.45, 7) is 4.80.